The van der Waals surface area contributed by atoms with E-state index in [1.54, 1.807) is 18.3 Å². The molecule has 0 saturated carbocycles. The quantitative estimate of drug-likeness (QED) is 0.738. The number of halogens is 1. The first-order valence-electron chi connectivity index (χ1n) is 4.99. The second-order valence-corrected chi connectivity index (χ2v) is 3.50. The SMILES string of the molecule is CN(Cc1ccccn1)c1cccc(F)n1. The Morgan fingerprint density at radius 3 is 2.75 bits per heavy atom. The van der Waals surface area contributed by atoms with Gasteiger partial charge >= 0.3 is 0 Å². The van der Waals surface area contributed by atoms with Gasteiger partial charge in [0.05, 0.1) is 12.2 Å². The molecule has 0 aliphatic carbocycles. The minimum absolute atomic E-state index is 0.467. The average Bonchev–Trinajstić information content (AvgIpc) is 2.30. The van der Waals surface area contributed by atoms with Crippen LogP contribution in [0.5, 0.6) is 0 Å². The Bertz CT molecular complexity index is 459. The molecule has 2 aromatic heterocycles. The first-order valence-corrected chi connectivity index (χ1v) is 4.99. The van der Waals surface area contributed by atoms with Crippen LogP contribution in [0.15, 0.2) is 42.6 Å². The summed E-state index contributed by atoms with van der Waals surface area (Å²) < 4.78 is 12.9. The van der Waals surface area contributed by atoms with Crippen molar-refractivity contribution >= 4 is 5.82 Å². The van der Waals surface area contributed by atoms with Crippen LogP contribution < -0.4 is 4.90 Å². The zero-order valence-electron chi connectivity index (χ0n) is 8.97. The molecule has 0 atom stereocenters. The number of hydrogen-bond donors (Lipinski definition) is 0. The van der Waals surface area contributed by atoms with Gasteiger partial charge < -0.3 is 4.90 Å². The molecule has 0 aromatic carbocycles. The normalized spacial score (nSPS) is 10.1. The van der Waals surface area contributed by atoms with Crippen LogP contribution in [0.2, 0.25) is 0 Å². The minimum atomic E-state index is -0.467. The van der Waals surface area contributed by atoms with Crippen molar-refractivity contribution in [3.05, 3.63) is 54.2 Å². The smallest absolute Gasteiger partial charge is 0.214 e. The molecule has 0 amide bonds. The fourth-order valence-electron chi connectivity index (χ4n) is 1.43. The van der Waals surface area contributed by atoms with Crippen molar-refractivity contribution in [3.8, 4) is 0 Å². The van der Waals surface area contributed by atoms with E-state index in [1.807, 2.05) is 30.1 Å². The summed E-state index contributed by atoms with van der Waals surface area (Å²) in [4.78, 5) is 9.86. The van der Waals surface area contributed by atoms with Gasteiger partial charge in [0.2, 0.25) is 5.95 Å². The zero-order chi connectivity index (χ0) is 11.4. The van der Waals surface area contributed by atoms with Gasteiger partial charge in [-0.2, -0.15) is 4.39 Å². The van der Waals surface area contributed by atoms with Crippen molar-refractivity contribution in [1.29, 1.82) is 0 Å². The maximum Gasteiger partial charge on any atom is 0.214 e. The van der Waals surface area contributed by atoms with E-state index in [0.717, 1.165) is 5.69 Å². The molecular formula is C12H12FN3. The van der Waals surface area contributed by atoms with Crippen molar-refractivity contribution in [2.75, 3.05) is 11.9 Å². The number of nitrogens with zero attached hydrogens (tertiary/aromatic N) is 3. The van der Waals surface area contributed by atoms with Crippen molar-refractivity contribution in [2.24, 2.45) is 0 Å². The highest BCUT2D eigenvalue weighted by Crippen LogP contribution is 2.11. The topological polar surface area (TPSA) is 29.0 Å². The third-order valence-corrected chi connectivity index (χ3v) is 2.22. The van der Waals surface area contributed by atoms with Crippen LogP contribution in [0.25, 0.3) is 0 Å². The predicted molar refractivity (Wildman–Crippen MR) is 60.5 cm³/mol. The number of rotatable bonds is 3. The molecule has 0 radical (unpaired) electrons. The molecule has 4 heteroatoms. The van der Waals surface area contributed by atoms with E-state index in [1.165, 1.54) is 6.07 Å². The first kappa shape index (κ1) is 10.5. The van der Waals surface area contributed by atoms with E-state index in [-0.39, 0.29) is 0 Å². The predicted octanol–water partition coefficient (Wildman–Crippen LogP) is 2.25. The summed E-state index contributed by atoms with van der Waals surface area (Å²) in [6.07, 6.45) is 1.74. The summed E-state index contributed by atoms with van der Waals surface area (Å²) >= 11 is 0. The van der Waals surface area contributed by atoms with Crippen LogP contribution in [-0.4, -0.2) is 17.0 Å². The van der Waals surface area contributed by atoms with Gasteiger partial charge in [-0.05, 0) is 24.3 Å². The van der Waals surface area contributed by atoms with Crippen molar-refractivity contribution in [2.45, 2.75) is 6.54 Å². The fourth-order valence-corrected chi connectivity index (χ4v) is 1.43. The molecule has 0 unspecified atom stereocenters. The molecule has 16 heavy (non-hydrogen) atoms. The van der Waals surface area contributed by atoms with E-state index in [9.17, 15) is 4.39 Å². The maximum absolute atomic E-state index is 12.9. The largest absolute Gasteiger partial charge is 0.354 e. The molecule has 0 spiro atoms. The number of aromatic nitrogens is 2. The molecule has 0 fully saturated rings. The summed E-state index contributed by atoms with van der Waals surface area (Å²) in [5, 5.41) is 0. The highest BCUT2D eigenvalue weighted by molar-refractivity contribution is 5.37. The first-order chi connectivity index (χ1) is 7.75. The Kier molecular flexibility index (Phi) is 3.10. The molecule has 2 aromatic rings. The van der Waals surface area contributed by atoms with Gasteiger partial charge in [0, 0.05) is 13.2 Å². The molecule has 2 heterocycles. The van der Waals surface area contributed by atoms with Gasteiger partial charge in [0.25, 0.3) is 0 Å². The fraction of sp³-hybridized carbons (Fsp3) is 0.167. The number of hydrogen-bond acceptors (Lipinski definition) is 3. The Labute approximate surface area is 93.6 Å². The number of pyridine rings is 2. The number of anilines is 1. The molecule has 0 aliphatic heterocycles. The van der Waals surface area contributed by atoms with E-state index in [2.05, 4.69) is 9.97 Å². The van der Waals surface area contributed by atoms with Gasteiger partial charge in [0.15, 0.2) is 0 Å². The molecule has 2 rings (SSSR count). The lowest BCUT2D eigenvalue weighted by Gasteiger charge is -2.17. The standard InChI is InChI=1S/C12H12FN3/c1-16(9-10-5-2-3-8-14-10)12-7-4-6-11(13)15-12/h2-8H,9H2,1H3. The van der Waals surface area contributed by atoms with E-state index < -0.39 is 5.95 Å². The lowest BCUT2D eigenvalue weighted by molar-refractivity contribution is 0.582. The third-order valence-electron chi connectivity index (χ3n) is 2.22. The summed E-state index contributed by atoms with van der Waals surface area (Å²) in [6, 6.07) is 10.5. The molecule has 0 N–H and O–H groups in total. The lowest BCUT2D eigenvalue weighted by atomic mass is 10.3. The second kappa shape index (κ2) is 4.70. The summed E-state index contributed by atoms with van der Waals surface area (Å²) in [6.45, 7) is 0.608. The second-order valence-electron chi connectivity index (χ2n) is 3.50. The Morgan fingerprint density at radius 1 is 1.19 bits per heavy atom. The van der Waals surface area contributed by atoms with Crippen LogP contribution in [0.3, 0.4) is 0 Å². The van der Waals surface area contributed by atoms with Crippen LogP contribution >= 0.6 is 0 Å². The van der Waals surface area contributed by atoms with Gasteiger partial charge in [-0.15, -0.1) is 0 Å². The highest BCUT2D eigenvalue weighted by Gasteiger charge is 2.04. The molecule has 3 nitrogen and oxygen atoms in total. The van der Waals surface area contributed by atoms with Gasteiger partial charge in [-0.25, -0.2) is 4.98 Å². The van der Waals surface area contributed by atoms with Gasteiger partial charge in [-0.1, -0.05) is 12.1 Å². The Morgan fingerprint density at radius 2 is 2.06 bits per heavy atom. The molecule has 82 valence electrons. The maximum atomic E-state index is 12.9. The molecule has 0 saturated heterocycles. The van der Waals surface area contributed by atoms with E-state index in [4.69, 9.17) is 0 Å². The Hall–Kier alpha value is -1.97. The summed E-state index contributed by atoms with van der Waals surface area (Å²) in [5.74, 6) is 0.135. The van der Waals surface area contributed by atoms with E-state index >= 15 is 0 Å². The minimum Gasteiger partial charge on any atom is -0.354 e. The molecule has 0 bridgehead atoms. The van der Waals surface area contributed by atoms with Crippen molar-refractivity contribution in [3.63, 3.8) is 0 Å². The van der Waals surface area contributed by atoms with Gasteiger partial charge in [0.1, 0.15) is 5.82 Å². The highest BCUT2D eigenvalue weighted by atomic mass is 19.1. The van der Waals surface area contributed by atoms with Crippen LogP contribution in [0.4, 0.5) is 10.2 Å². The van der Waals surface area contributed by atoms with Crippen LogP contribution in [0.1, 0.15) is 5.69 Å². The monoisotopic (exact) mass is 217 g/mol. The zero-order valence-corrected chi connectivity index (χ0v) is 8.97. The van der Waals surface area contributed by atoms with Gasteiger partial charge in [-0.3, -0.25) is 4.98 Å². The van der Waals surface area contributed by atoms with Crippen LogP contribution in [0, 0.1) is 5.95 Å². The lowest BCUT2D eigenvalue weighted by Crippen LogP contribution is -2.18. The summed E-state index contributed by atoms with van der Waals surface area (Å²) in [5.41, 5.74) is 0.927. The third kappa shape index (κ3) is 2.53. The molecule has 0 aliphatic rings. The van der Waals surface area contributed by atoms with Crippen LogP contribution in [-0.2, 0) is 6.54 Å². The average molecular weight is 217 g/mol. The summed E-state index contributed by atoms with van der Waals surface area (Å²) in [7, 11) is 1.86. The van der Waals surface area contributed by atoms with Crippen molar-refractivity contribution < 1.29 is 4.39 Å². The molecular weight excluding hydrogens is 205 g/mol. The van der Waals surface area contributed by atoms with E-state index in [0.29, 0.717) is 12.4 Å². The Balaban J connectivity index is 2.12. The van der Waals surface area contributed by atoms with Crippen molar-refractivity contribution in [1.82, 2.24) is 9.97 Å².